The SMILES string of the molecule is O=c1[nH]ncc(NCc2ccccc2Cl)c1Cl. The molecule has 0 spiro atoms. The smallest absolute Gasteiger partial charge is 0.285 e. The van der Waals surface area contributed by atoms with Crippen LogP contribution in [-0.4, -0.2) is 10.2 Å². The molecule has 0 amide bonds. The van der Waals surface area contributed by atoms with E-state index >= 15 is 0 Å². The largest absolute Gasteiger partial charge is 0.378 e. The minimum atomic E-state index is -0.421. The molecule has 17 heavy (non-hydrogen) atoms. The summed E-state index contributed by atoms with van der Waals surface area (Å²) in [6, 6.07) is 7.44. The lowest BCUT2D eigenvalue weighted by molar-refractivity contribution is 0.981. The Labute approximate surface area is 108 Å². The lowest BCUT2D eigenvalue weighted by Crippen LogP contribution is -2.11. The van der Waals surface area contributed by atoms with Crippen molar-refractivity contribution in [3.05, 3.63) is 56.4 Å². The van der Waals surface area contributed by atoms with Gasteiger partial charge in [-0.2, -0.15) is 5.10 Å². The summed E-state index contributed by atoms with van der Waals surface area (Å²) in [6.45, 7) is 0.477. The van der Waals surface area contributed by atoms with Gasteiger partial charge in [0.25, 0.3) is 5.56 Å². The lowest BCUT2D eigenvalue weighted by atomic mass is 10.2. The maximum atomic E-state index is 11.2. The van der Waals surface area contributed by atoms with Crippen molar-refractivity contribution in [2.45, 2.75) is 6.54 Å². The Balaban J connectivity index is 2.16. The fourth-order valence-electron chi connectivity index (χ4n) is 1.34. The Bertz CT molecular complexity index is 583. The van der Waals surface area contributed by atoms with Crippen molar-refractivity contribution in [1.29, 1.82) is 0 Å². The van der Waals surface area contributed by atoms with E-state index in [0.717, 1.165) is 5.56 Å². The monoisotopic (exact) mass is 269 g/mol. The molecule has 0 aliphatic heterocycles. The van der Waals surface area contributed by atoms with E-state index in [1.165, 1.54) is 6.20 Å². The van der Waals surface area contributed by atoms with E-state index in [1.54, 1.807) is 6.07 Å². The Morgan fingerprint density at radius 1 is 1.29 bits per heavy atom. The van der Waals surface area contributed by atoms with Gasteiger partial charge >= 0.3 is 0 Å². The molecule has 6 heteroatoms. The molecule has 2 aromatic rings. The van der Waals surface area contributed by atoms with Crippen LogP contribution < -0.4 is 10.9 Å². The summed E-state index contributed by atoms with van der Waals surface area (Å²) in [7, 11) is 0. The second kappa shape index (κ2) is 5.21. The number of rotatable bonds is 3. The first kappa shape index (κ1) is 12.0. The molecule has 0 saturated carbocycles. The zero-order valence-corrected chi connectivity index (χ0v) is 10.2. The number of halogens is 2. The number of nitrogens with zero attached hydrogens (tertiary/aromatic N) is 1. The van der Waals surface area contributed by atoms with E-state index in [9.17, 15) is 4.79 Å². The molecule has 0 unspecified atom stereocenters. The molecule has 0 fully saturated rings. The number of hydrogen-bond donors (Lipinski definition) is 2. The number of nitrogens with one attached hydrogen (secondary N) is 2. The summed E-state index contributed by atoms with van der Waals surface area (Å²) >= 11 is 11.8. The summed E-state index contributed by atoms with van der Waals surface area (Å²) in [5.41, 5.74) is 0.983. The number of anilines is 1. The average molecular weight is 270 g/mol. The van der Waals surface area contributed by atoms with E-state index in [0.29, 0.717) is 17.3 Å². The fraction of sp³-hybridized carbons (Fsp3) is 0.0909. The minimum Gasteiger partial charge on any atom is -0.378 e. The van der Waals surface area contributed by atoms with Crippen molar-refractivity contribution in [3.63, 3.8) is 0 Å². The number of aromatic amines is 1. The van der Waals surface area contributed by atoms with Crippen LogP contribution in [0.25, 0.3) is 0 Å². The molecule has 1 aromatic heterocycles. The predicted octanol–water partition coefficient (Wildman–Crippen LogP) is 2.69. The minimum absolute atomic E-state index is 0.0899. The zero-order valence-electron chi connectivity index (χ0n) is 8.71. The first-order chi connectivity index (χ1) is 8.18. The van der Waals surface area contributed by atoms with Crippen LogP contribution in [0.5, 0.6) is 0 Å². The molecule has 0 radical (unpaired) electrons. The maximum Gasteiger partial charge on any atom is 0.285 e. The number of aromatic nitrogens is 2. The molecule has 2 N–H and O–H groups in total. The molecule has 1 heterocycles. The summed E-state index contributed by atoms with van der Waals surface area (Å²) in [6.07, 6.45) is 1.46. The van der Waals surface area contributed by atoms with Gasteiger partial charge in [0.15, 0.2) is 0 Å². The van der Waals surface area contributed by atoms with E-state index in [4.69, 9.17) is 23.2 Å². The van der Waals surface area contributed by atoms with E-state index in [-0.39, 0.29) is 5.02 Å². The number of benzene rings is 1. The first-order valence-corrected chi connectivity index (χ1v) is 5.64. The van der Waals surface area contributed by atoms with Gasteiger partial charge in [0.05, 0.1) is 11.9 Å². The molecular formula is C11H9Cl2N3O. The summed E-state index contributed by atoms with van der Waals surface area (Å²) in [4.78, 5) is 11.2. The van der Waals surface area contributed by atoms with Gasteiger partial charge in [-0.1, -0.05) is 41.4 Å². The van der Waals surface area contributed by atoms with Gasteiger partial charge in [-0.3, -0.25) is 4.79 Å². The zero-order chi connectivity index (χ0) is 12.3. The van der Waals surface area contributed by atoms with Gasteiger partial charge in [0.2, 0.25) is 0 Å². The highest BCUT2D eigenvalue weighted by Crippen LogP contribution is 2.19. The molecule has 0 saturated heterocycles. The van der Waals surface area contributed by atoms with Gasteiger partial charge < -0.3 is 5.32 Å². The van der Waals surface area contributed by atoms with Crippen LogP contribution in [0.3, 0.4) is 0 Å². The summed E-state index contributed by atoms with van der Waals surface area (Å²) in [5.74, 6) is 0. The van der Waals surface area contributed by atoms with E-state index in [2.05, 4.69) is 15.5 Å². The van der Waals surface area contributed by atoms with Crippen molar-refractivity contribution in [3.8, 4) is 0 Å². The second-order valence-electron chi connectivity index (χ2n) is 3.37. The Morgan fingerprint density at radius 2 is 2.06 bits per heavy atom. The van der Waals surface area contributed by atoms with Gasteiger partial charge in [-0.15, -0.1) is 0 Å². The molecule has 4 nitrogen and oxygen atoms in total. The number of H-pyrrole nitrogens is 1. The molecule has 1 aromatic carbocycles. The predicted molar refractivity (Wildman–Crippen MR) is 68.6 cm³/mol. The van der Waals surface area contributed by atoms with Crippen LogP contribution in [0.4, 0.5) is 5.69 Å². The van der Waals surface area contributed by atoms with Crippen LogP contribution in [-0.2, 0) is 6.54 Å². The molecule has 0 aliphatic carbocycles. The highest BCUT2D eigenvalue weighted by Gasteiger charge is 2.05. The topological polar surface area (TPSA) is 57.8 Å². The molecule has 0 atom stereocenters. The molecule has 0 aliphatic rings. The first-order valence-electron chi connectivity index (χ1n) is 4.89. The van der Waals surface area contributed by atoms with Crippen molar-refractivity contribution in [2.75, 3.05) is 5.32 Å². The Hall–Kier alpha value is -1.52. The van der Waals surface area contributed by atoms with Crippen LogP contribution in [0.15, 0.2) is 35.3 Å². The van der Waals surface area contributed by atoms with Gasteiger partial charge in [0.1, 0.15) is 5.02 Å². The van der Waals surface area contributed by atoms with Crippen molar-refractivity contribution in [1.82, 2.24) is 10.2 Å². The van der Waals surface area contributed by atoms with Gasteiger partial charge in [-0.05, 0) is 11.6 Å². The highest BCUT2D eigenvalue weighted by atomic mass is 35.5. The highest BCUT2D eigenvalue weighted by molar-refractivity contribution is 6.33. The Kier molecular flexibility index (Phi) is 3.66. The third-order valence-electron chi connectivity index (χ3n) is 2.22. The van der Waals surface area contributed by atoms with Crippen molar-refractivity contribution >= 4 is 28.9 Å². The molecule has 88 valence electrons. The summed E-state index contributed by atoms with van der Waals surface area (Å²) in [5, 5.41) is 9.67. The van der Waals surface area contributed by atoms with E-state index in [1.807, 2.05) is 18.2 Å². The van der Waals surface area contributed by atoms with Crippen LogP contribution in [0, 0.1) is 0 Å². The third-order valence-corrected chi connectivity index (χ3v) is 2.97. The fourth-order valence-corrected chi connectivity index (χ4v) is 1.70. The molecule has 0 bridgehead atoms. The summed E-state index contributed by atoms with van der Waals surface area (Å²) < 4.78 is 0. The average Bonchev–Trinajstić information content (AvgIpc) is 2.33. The number of hydrogen-bond acceptors (Lipinski definition) is 3. The molecule has 2 rings (SSSR count). The maximum absolute atomic E-state index is 11.2. The quantitative estimate of drug-likeness (QED) is 0.901. The van der Waals surface area contributed by atoms with Gasteiger partial charge in [0, 0.05) is 11.6 Å². The van der Waals surface area contributed by atoms with E-state index < -0.39 is 5.56 Å². The van der Waals surface area contributed by atoms with Crippen molar-refractivity contribution in [2.24, 2.45) is 0 Å². The molecular weight excluding hydrogens is 261 g/mol. The van der Waals surface area contributed by atoms with Gasteiger partial charge in [-0.25, -0.2) is 5.10 Å². The third kappa shape index (κ3) is 2.78. The standard InChI is InChI=1S/C11H9Cl2N3O/c12-8-4-2-1-3-7(8)5-14-9-6-15-16-11(17)10(9)13/h1-4,6H,5H2,(H2,14,16,17). The van der Waals surface area contributed by atoms with Crippen molar-refractivity contribution < 1.29 is 0 Å². The van der Waals surface area contributed by atoms with Crippen LogP contribution >= 0.6 is 23.2 Å². The lowest BCUT2D eigenvalue weighted by Gasteiger charge is -2.08. The normalized spacial score (nSPS) is 10.2. The Morgan fingerprint density at radius 3 is 2.82 bits per heavy atom. The van der Waals surface area contributed by atoms with Crippen LogP contribution in [0.2, 0.25) is 10.0 Å². The van der Waals surface area contributed by atoms with Crippen LogP contribution in [0.1, 0.15) is 5.56 Å². The second-order valence-corrected chi connectivity index (χ2v) is 4.16.